The summed E-state index contributed by atoms with van der Waals surface area (Å²) >= 11 is 0. The van der Waals surface area contributed by atoms with E-state index in [9.17, 15) is 9.90 Å². The molecule has 3 aliphatic rings. The van der Waals surface area contributed by atoms with E-state index in [0.717, 1.165) is 25.7 Å². The number of fused-ring (bicyclic) bond motifs is 3. The molecule has 0 aromatic rings. The highest BCUT2D eigenvalue weighted by atomic mass is 16.3. The van der Waals surface area contributed by atoms with E-state index in [1.807, 2.05) is 12.2 Å². The molecule has 2 saturated carbocycles. The summed E-state index contributed by atoms with van der Waals surface area (Å²) in [7, 11) is 0. The molecule has 0 aromatic heterocycles. The van der Waals surface area contributed by atoms with Crippen LogP contribution in [-0.4, -0.2) is 17.0 Å². The molecule has 2 nitrogen and oxygen atoms in total. The second-order valence-corrected chi connectivity index (χ2v) is 8.41. The lowest BCUT2D eigenvalue weighted by atomic mass is 9.45. The summed E-state index contributed by atoms with van der Waals surface area (Å²) in [6, 6.07) is 0. The maximum atomic E-state index is 12.1. The molecule has 2 heteroatoms. The van der Waals surface area contributed by atoms with Gasteiger partial charge in [-0.1, -0.05) is 38.0 Å². The van der Waals surface area contributed by atoms with Gasteiger partial charge in [-0.15, -0.1) is 6.58 Å². The minimum absolute atomic E-state index is 0.0131. The highest BCUT2D eigenvalue weighted by Crippen LogP contribution is 2.64. The van der Waals surface area contributed by atoms with Crippen molar-refractivity contribution in [3.05, 3.63) is 36.0 Å². The number of allylic oxidation sites excluding steroid dienone is 4. The molecule has 5 unspecified atom stereocenters. The van der Waals surface area contributed by atoms with Gasteiger partial charge in [0.25, 0.3) is 0 Å². The SMILES string of the molecule is C=CC1(C)CC2CCC3(C)C(C)=CC(=O)C=C3C2(C)CC1O. The summed E-state index contributed by atoms with van der Waals surface area (Å²) in [4.78, 5) is 12.1. The number of aliphatic hydroxyl groups is 1. The molecule has 2 fully saturated rings. The Labute approximate surface area is 134 Å². The van der Waals surface area contributed by atoms with Gasteiger partial charge in [-0.3, -0.25) is 4.79 Å². The van der Waals surface area contributed by atoms with Crippen molar-refractivity contribution in [2.45, 2.75) is 59.5 Å². The second-order valence-electron chi connectivity index (χ2n) is 8.41. The smallest absolute Gasteiger partial charge is 0.178 e. The number of hydrogen-bond donors (Lipinski definition) is 1. The number of carbonyl (C=O) groups excluding carboxylic acids is 1. The minimum Gasteiger partial charge on any atom is -0.392 e. The first kappa shape index (κ1) is 15.7. The minimum atomic E-state index is -0.393. The lowest BCUT2D eigenvalue weighted by Gasteiger charge is -2.59. The number of ketones is 1. The van der Waals surface area contributed by atoms with Gasteiger partial charge in [-0.05, 0) is 56.1 Å². The Kier molecular flexibility index (Phi) is 3.34. The summed E-state index contributed by atoms with van der Waals surface area (Å²) in [6.07, 6.45) is 9.12. The van der Waals surface area contributed by atoms with E-state index in [4.69, 9.17) is 0 Å². The van der Waals surface area contributed by atoms with Crippen LogP contribution in [0.25, 0.3) is 0 Å². The quantitative estimate of drug-likeness (QED) is 0.736. The Bertz CT molecular complexity index is 599. The molecule has 1 N–H and O–H groups in total. The largest absolute Gasteiger partial charge is 0.392 e. The number of hydrogen-bond acceptors (Lipinski definition) is 2. The zero-order valence-electron chi connectivity index (χ0n) is 14.3. The normalized spacial score (nSPS) is 48.0. The van der Waals surface area contributed by atoms with E-state index in [1.165, 1.54) is 11.1 Å². The van der Waals surface area contributed by atoms with E-state index in [0.29, 0.717) is 5.92 Å². The highest BCUT2D eigenvalue weighted by Gasteiger charge is 2.57. The van der Waals surface area contributed by atoms with Crippen LogP contribution in [0.4, 0.5) is 0 Å². The van der Waals surface area contributed by atoms with Gasteiger partial charge in [-0.2, -0.15) is 0 Å². The third kappa shape index (κ3) is 1.93. The standard InChI is InChI=1S/C20H28O2/c1-6-18(3)11-14-7-8-19(4)13(2)9-15(21)10-16(19)20(14,5)12-17(18)22/h6,9-10,14,17,22H,1,7-8,11-12H2,2-5H3. The van der Waals surface area contributed by atoms with Crippen molar-refractivity contribution in [2.24, 2.45) is 22.2 Å². The van der Waals surface area contributed by atoms with Gasteiger partial charge in [0.05, 0.1) is 6.10 Å². The van der Waals surface area contributed by atoms with Crippen molar-refractivity contribution in [3.63, 3.8) is 0 Å². The lowest BCUT2D eigenvalue weighted by molar-refractivity contribution is -0.111. The van der Waals surface area contributed by atoms with Crippen LogP contribution in [0.3, 0.4) is 0 Å². The molecular formula is C20H28O2. The average molecular weight is 300 g/mol. The lowest BCUT2D eigenvalue weighted by Crippen LogP contribution is -2.53. The Balaban J connectivity index is 2.07. The molecule has 0 spiro atoms. The van der Waals surface area contributed by atoms with Crippen LogP contribution < -0.4 is 0 Å². The monoisotopic (exact) mass is 300 g/mol. The van der Waals surface area contributed by atoms with Crippen LogP contribution in [0, 0.1) is 22.2 Å². The van der Waals surface area contributed by atoms with Crippen molar-refractivity contribution in [2.75, 3.05) is 0 Å². The van der Waals surface area contributed by atoms with Gasteiger partial charge in [0, 0.05) is 10.8 Å². The van der Waals surface area contributed by atoms with Crippen LogP contribution in [0.5, 0.6) is 0 Å². The molecule has 0 aromatic carbocycles. The Morgan fingerprint density at radius 1 is 1.27 bits per heavy atom. The fourth-order valence-corrected chi connectivity index (χ4v) is 5.18. The molecule has 0 radical (unpaired) electrons. The van der Waals surface area contributed by atoms with Crippen LogP contribution in [0.2, 0.25) is 0 Å². The van der Waals surface area contributed by atoms with Crippen molar-refractivity contribution in [1.29, 1.82) is 0 Å². The molecular weight excluding hydrogens is 272 g/mol. The molecule has 0 saturated heterocycles. The van der Waals surface area contributed by atoms with Gasteiger partial charge >= 0.3 is 0 Å². The summed E-state index contributed by atoms with van der Waals surface area (Å²) in [5.41, 5.74) is 2.13. The third-order valence-electron chi connectivity index (χ3n) is 7.15. The molecule has 3 aliphatic carbocycles. The summed E-state index contributed by atoms with van der Waals surface area (Å²) in [6.45, 7) is 12.7. The molecule has 5 atom stereocenters. The van der Waals surface area contributed by atoms with E-state index in [-0.39, 0.29) is 22.0 Å². The topological polar surface area (TPSA) is 37.3 Å². The van der Waals surface area contributed by atoms with Gasteiger partial charge < -0.3 is 5.11 Å². The molecule has 120 valence electrons. The van der Waals surface area contributed by atoms with Crippen LogP contribution in [-0.2, 0) is 4.79 Å². The zero-order chi connectivity index (χ0) is 16.3. The van der Waals surface area contributed by atoms with Gasteiger partial charge in [0.15, 0.2) is 5.78 Å². The molecule has 3 rings (SSSR count). The van der Waals surface area contributed by atoms with Crippen molar-refractivity contribution in [1.82, 2.24) is 0 Å². The maximum Gasteiger partial charge on any atom is 0.178 e. The van der Waals surface area contributed by atoms with Crippen molar-refractivity contribution < 1.29 is 9.90 Å². The fraction of sp³-hybridized carbons (Fsp3) is 0.650. The second kappa shape index (κ2) is 4.67. The van der Waals surface area contributed by atoms with E-state index < -0.39 is 6.10 Å². The highest BCUT2D eigenvalue weighted by molar-refractivity contribution is 6.02. The predicted molar refractivity (Wildman–Crippen MR) is 89.3 cm³/mol. The maximum absolute atomic E-state index is 12.1. The van der Waals surface area contributed by atoms with Crippen molar-refractivity contribution >= 4 is 5.78 Å². The van der Waals surface area contributed by atoms with Crippen LogP contribution in [0.1, 0.15) is 53.4 Å². The molecule has 0 bridgehead atoms. The fourth-order valence-electron chi connectivity index (χ4n) is 5.18. The Hall–Kier alpha value is -1.15. The number of carbonyl (C=O) groups is 1. The van der Waals surface area contributed by atoms with Crippen molar-refractivity contribution in [3.8, 4) is 0 Å². The molecule has 22 heavy (non-hydrogen) atoms. The number of rotatable bonds is 1. The van der Waals surface area contributed by atoms with E-state index >= 15 is 0 Å². The van der Waals surface area contributed by atoms with Gasteiger partial charge in [-0.25, -0.2) is 0 Å². The van der Waals surface area contributed by atoms with Crippen LogP contribution >= 0.6 is 0 Å². The van der Waals surface area contributed by atoms with Gasteiger partial charge in [0.2, 0.25) is 0 Å². The van der Waals surface area contributed by atoms with E-state index in [1.54, 1.807) is 6.08 Å². The summed E-state index contributed by atoms with van der Waals surface area (Å²) in [5.74, 6) is 0.621. The molecule has 0 heterocycles. The predicted octanol–water partition coefficient (Wildman–Crippen LogP) is 4.21. The summed E-state index contributed by atoms with van der Waals surface area (Å²) < 4.78 is 0. The molecule has 0 aliphatic heterocycles. The zero-order valence-corrected chi connectivity index (χ0v) is 14.3. The first-order chi connectivity index (χ1) is 10.2. The number of aliphatic hydroxyl groups excluding tert-OH is 1. The third-order valence-corrected chi connectivity index (χ3v) is 7.15. The Morgan fingerprint density at radius 3 is 2.59 bits per heavy atom. The summed E-state index contributed by atoms with van der Waals surface area (Å²) in [5, 5.41) is 10.7. The molecule has 0 amide bonds. The van der Waals surface area contributed by atoms with Crippen LogP contribution in [0.15, 0.2) is 36.0 Å². The Morgan fingerprint density at radius 2 is 1.95 bits per heavy atom. The first-order valence-electron chi connectivity index (χ1n) is 8.43. The average Bonchev–Trinajstić information content (AvgIpc) is 2.44. The first-order valence-corrected chi connectivity index (χ1v) is 8.43. The van der Waals surface area contributed by atoms with Gasteiger partial charge in [0.1, 0.15) is 0 Å². The van der Waals surface area contributed by atoms with E-state index in [2.05, 4.69) is 34.3 Å².